The van der Waals surface area contributed by atoms with Gasteiger partial charge in [0.25, 0.3) is 0 Å². The van der Waals surface area contributed by atoms with Crippen molar-refractivity contribution in [2.24, 2.45) is 0 Å². The lowest BCUT2D eigenvalue weighted by atomic mass is 10.1. The molecule has 1 heterocycles. The van der Waals surface area contributed by atoms with Gasteiger partial charge in [0.05, 0.1) is 26.2 Å². The van der Waals surface area contributed by atoms with Gasteiger partial charge in [0.2, 0.25) is 10.4 Å². The van der Waals surface area contributed by atoms with Crippen molar-refractivity contribution in [2.75, 3.05) is 20.1 Å². The molecule has 1 aliphatic heterocycles. The lowest BCUT2D eigenvalue weighted by molar-refractivity contribution is -0.885. The first-order valence-electron chi connectivity index (χ1n) is 3.96. The molecule has 0 aromatic carbocycles. The molecule has 7 heteroatoms. The average molecular weight is 213 g/mol. The van der Waals surface area contributed by atoms with Crippen LogP contribution in [-0.2, 0) is 10.4 Å². The van der Waals surface area contributed by atoms with E-state index in [0.717, 1.165) is 25.9 Å². The maximum Gasteiger partial charge on any atom is 0.215 e. The third kappa shape index (κ3) is 11.8. The topological polar surface area (TPSA) is 102 Å². The Labute approximate surface area is 77.7 Å². The summed E-state index contributed by atoms with van der Waals surface area (Å²) >= 11 is 0. The first-order chi connectivity index (χ1) is 5.79. The van der Waals surface area contributed by atoms with E-state index in [-0.39, 0.29) is 6.10 Å². The molecule has 1 rings (SSSR count). The number of nitrogens with one attached hydrogen (secondary N) is 1. The van der Waals surface area contributed by atoms with E-state index < -0.39 is 10.4 Å². The molecule has 0 unspecified atom stereocenters. The molecule has 1 saturated heterocycles. The Hall–Kier alpha value is -0.210. The minimum Gasteiger partial charge on any atom is -0.726 e. The average Bonchev–Trinajstić information content (AvgIpc) is 1.92. The molecule has 80 valence electrons. The van der Waals surface area contributed by atoms with Crippen LogP contribution in [0.1, 0.15) is 12.8 Å². The molecule has 0 saturated carbocycles. The molecule has 0 spiro atoms. The van der Waals surface area contributed by atoms with E-state index >= 15 is 0 Å². The number of rotatable bonds is 0. The highest BCUT2D eigenvalue weighted by Crippen LogP contribution is 1.95. The molecular formula is C6H15NO5S. The van der Waals surface area contributed by atoms with Gasteiger partial charge in [-0.15, -0.1) is 0 Å². The number of aliphatic hydroxyl groups is 1. The minimum absolute atomic E-state index is 0.00120. The highest BCUT2D eigenvalue weighted by Gasteiger charge is 2.15. The molecule has 6 nitrogen and oxygen atoms in total. The molecule has 1 fully saturated rings. The van der Waals surface area contributed by atoms with Gasteiger partial charge in [0.15, 0.2) is 0 Å². The standard InChI is InChI=1S/C6H13NO.H2O4S/c1-7-4-2-6(8)3-5-7;1-5(2,3)4/h6,8H,2-5H2,1H3;(H2,1,2,3,4). The molecule has 13 heavy (non-hydrogen) atoms. The van der Waals surface area contributed by atoms with Crippen molar-refractivity contribution < 1.29 is 27.5 Å². The molecular weight excluding hydrogens is 198 g/mol. The zero-order valence-electron chi connectivity index (χ0n) is 7.43. The van der Waals surface area contributed by atoms with Gasteiger partial charge in [-0.25, -0.2) is 8.42 Å². The van der Waals surface area contributed by atoms with E-state index in [0.29, 0.717) is 0 Å². The predicted octanol–water partition coefficient (Wildman–Crippen LogP) is -2.34. The van der Waals surface area contributed by atoms with Gasteiger partial charge in [-0.3, -0.25) is 4.55 Å². The third-order valence-corrected chi connectivity index (χ3v) is 1.81. The van der Waals surface area contributed by atoms with Gasteiger partial charge in [-0.1, -0.05) is 0 Å². The lowest BCUT2D eigenvalue weighted by Crippen LogP contribution is -3.10. The molecule has 0 aromatic rings. The van der Waals surface area contributed by atoms with Crippen LogP contribution in [0.25, 0.3) is 0 Å². The highest BCUT2D eigenvalue weighted by atomic mass is 32.3. The van der Waals surface area contributed by atoms with Crippen LogP contribution in [-0.4, -0.2) is 48.9 Å². The molecule has 0 radical (unpaired) electrons. The number of likely N-dealkylation sites (tertiary alicyclic amines) is 1. The van der Waals surface area contributed by atoms with Crippen molar-refractivity contribution in [3.05, 3.63) is 0 Å². The van der Waals surface area contributed by atoms with Crippen molar-refractivity contribution in [3.8, 4) is 0 Å². The second kappa shape index (κ2) is 5.51. The Morgan fingerprint density at radius 2 is 1.69 bits per heavy atom. The van der Waals surface area contributed by atoms with Crippen LogP contribution in [0.3, 0.4) is 0 Å². The van der Waals surface area contributed by atoms with E-state index in [9.17, 15) is 0 Å². The van der Waals surface area contributed by atoms with Crippen LogP contribution in [0.4, 0.5) is 0 Å². The van der Waals surface area contributed by atoms with Crippen molar-refractivity contribution in [1.82, 2.24) is 0 Å². The van der Waals surface area contributed by atoms with E-state index in [1.54, 1.807) is 4.90 Å². The minimum atomic E-state index is -4.92. The first kappa shape index (κ1) is 12.8. The Kier molecular flexibility index (Phi) is 5.42. The highest BCUT2D eigenvalue weighted by molar-refractivity contribution is 7.79. The zero-order valence-corrected chi connectivity index (χ0v) is 8.25. The number of piperidine rings is 1. The van der Waals surface area contributed by atoms with Crippen LogP contribution in [0, 0.1) is 0 Å². The SMILES string of the molecule is C[NH+]1CCC(O)CC1.O=S(=O)([O-])O. The summed E-state index contributed by atoms with van der Waals surface area (Å²) in [5.74, 6) is 0. The van der Waals surface area contributed by atoms with Crippen molar-refractivity contribution in [2.45, 2.75) is 18.9 Å². The fourth-order valence-corrected chi connectivity index (χ4v) is 1.10. The monoisotopic (exact) mass is 213 g/mol. The lowest BCUT2D eigenvalue weighted by Gasteiger charge is -2.22. The largest absolute Gasteiger partial charge is 0.726 e. The third-order valence-electron chi connectivity index (χ3n) is 1.81. The second-order valence-electron chi connectivity index (χ2n) is 3.12. The first-order valence-corrected chi connectivity index (χ1v) is 5.33. The van der Waals surface area contributed by atoms with Crippen LogP contribution < -0.4 is 4.90 Å². The van der Waals surface area contributed by atoms with E-state index in [1.807, 2.05) is 0 Å². The Morgan fingerprint density at radius 3 is 1.92 bits per heavy atom. The smallest absolute Gasteiger partial charge is 0.215 e. The number of aliphatic hydroxyl groups excluding tert-OH is 1. The van der Waals surface area contributed by atoms with E-state index in [1.165, 1.54) is 0 Å². The molecule has 0 atom stereocenters. The predicted molar refractivity (Wildman–Crippen MR) is 44.2 cm³/mol. The zero-order chi connectivity index (χ0) is 10.5. The number of hydrogen-bond acceptors (Lipinski definition) is 4. The van der Waals surface area contributed by atoms with Gasteiger partial charge in [-0.2, -0.15) is 0 Å². The summed E-state index contributed by atoms with van der Waals surface area (Å²) in [6, 6.07) is 0. The maximum absolute atomic E-state index is 9.01. The molecule has 0 aliphatic carbocycles. The van der Waals surface area contributed by atoms with Gasteiger partial charge >= 0.3 is 0 Å². The van der Waals surface area contributed by atoms with E-state index in [4.69, 9.17) is 22.6 Å². The summed E-state index contributed by atoms with van der Waals surface area (Å²) in [4.78, 5) is 1.55. The van der Waals surface area contributed by atoms with Gasteiger partial charge in [-0.05, 0) is 0 Å². The molecule has 0 bridgehead atoms. The Morgan fingerprint density at radius 1 is 1.38 bits per heavy atom. The van der Waals surface area contributed by atoms with Crippen molar-refractivity contribution in [3.63, 3.8) is 0 Å². The Balaban J connectivity index is 0.000000252. The quantitative estimate of drug-likeness (QED) is 0.309. The van der Waals surface area contributed by atoms with Crippen LogP contribution >= 0.6 is 0 Å². The Bertz CT molecular complexity index is 201. The molecule has 1 aliphatic rings. The van der Waals surface area contributed by atoms with Crippen molar-refractivity contribution in [1.29, 1.82) is 0 Å². The normalized spacial score (nSPS) is 28.9. The fourth-order valence-electron chi connectivity index (χ4n) is 1.10. The second-order valence-corrected chi connectivity index (χ2v) is 3.97. The summed E-state index contributed by atoms with van der Waals surface area (Å²) in [5.41, 5.74) is 0. The van der Waals surface area contributed by atoms with Crippen LogP contribution in [0.15, 0.2) is 0 Å². The summed E-state index contributed by atoms with van der Waals surface area (Å²) in [6.07, 6.45) is 1.98. The number of quaternary nitrogens is 1. The number of hydrogen-bond donors (Lipinski definition) is 3. The summed E-state index contributed by atoms with van der Waals surface area (Å²) < 4.78 is 32.8. The molecule has 3 N–H and O–H groups in total. The fraction of sp³-hybridized carbons (Fsp3) is 1.00. The van der Waals surface area contributed by atoms with Crippen LogP contribution in [0.2, 0.25) is 0 Å². The van der Waals surface area contributed by atoms with Crippen molar-refractivity contribution >= 4 is 10.4 Å². The molecule has 0 aromatic heterocycles. The van der Waals surface area contributed by atoms with Gasteiger partial charge < -0.3 is 14.6 Å². The summed E-state index contributed by atoms with van der Waals surface area (Å²) in [7, 11) is -2.74. The van der Waals surface area contributed by atoms with E-state index in [2.05, 4.69) is 7.05 Å². The maximum atomic E-state index is 9.01. The molecule has 0 amide bonds. The summed E-state index contributed by atoms with van der Waals surface area (Å²) in [5, 5.41) is 9.01. The van der Waals surface area contributed by atoms with Gasteiger partial charge in [0, 0.05) is 12.8 Å². The summed E-state index contributed by atoms with van der Waals surface area (Å²) in [6.45, 7) is 2.28. The van der Waals surface area contributed by atoms with Crippen LogP contribution in [0.5, 0.6) is 0 Å². The van der Waals surface area contributed by atoms with Gasteiger partial charge in [0.1, 0.15) is 0 Å².